The fourth-order valence-corrected chi connectivity index (χ4v) is 6.07. The number of para-hydroxylation sites is 1. The Kier molecular flexibility index (Phi) is 5.35. The van der Waals surface area contributed by atoms with Crippen LogP contribution in [-0.2, 0) is 21.4 Å². The van der Waals surface area contributed by atoms with E-state index in [1.807, 2.05) is 13.8 Å². The van der Waals surface area contributed by atoms with Crippen LogP contribution in [0.4, 0.5) is 0 Å². The standard InChI is InChI=1S/C21H29N3O3S/c1-4-17-6-5-7-19-20(12-22-21(17)19)18-8-10-23(11-9-18)28(25,26)24-13-15(2)27-16(3)14-24/h5-8,12,15-16,22H,4,9-11,13-14H2,1-3H3/t15-,16+. The minimum absolute atomic E-state index is 0.0756. The third-order valence-corrected chi connectivity index (χ3v) is 7.67. The molecule has 6 nitrogen and oxygen atoms in total. The Balaban J connectivity index is 1.55. The average Bonchev–Trinajstić information content (AvgIpc) is 3.11. The molecule has 0 aliphatic carbocycles. The summed E-state index contributed by atoms with van der Waals surface area (Å²) in [6.07, 6.45) is 5.68. The number of aryl methyl sites for hydroxylation is 1. The van der Waals surface area contributed by atoms with Crippen molar-refractivity contribution >= 4 is 26.7 Å². The first-order valence-electron chi connectivity index (χ1n) is 10.1. The first-order chi connectivity index (χ1) is 13.4. The highest BCUT2D eigenvalue weighted by molar-refractivity contribution is 7.86. The number of hydrogen-bond donors (Lipinski definition) is 1. The molecule has 2 aliphatic rings. The molecule has 2 atom stereocenters. The Hall–Kier alpha value is -1.67. The summed E-state index contributed by atoms with van der Waals surface area (Å²) in [5.41, 5.74) is 4.90. The Bertz CT molecular complexity index is 985. The van der Waals surface area contributed by atoms with Crippen molar-refractivity contribution in [2.75, 3.05) is 26.2 Å². The highest BCUT2D eigenvalue weighted by atomic mass is 32.2. The van der Waals surface area contributed by atoms with E-state index in [0.717, 1.165) is 12.8 Å². The van der Waals surface area contributed by atoms with Crippen molar-refractivity contribution < 1.29 is 13.2 Å². The van der Waals surface area contributed by atoms with Crippen molar-refractivity contribution in [1.82, 2.24) is 13.6 Å². The zero-order chi connectivity index (χ0) is 19.9. The van der Waals surface area contributed by atoms with Crippen LogP contribution in [0.15, 0.2) is 30.5 Å². The van der Waals surface area contributed by atoms with Crippen molar-refractivity contribution in [3.63, 3.8) is 0 Å². The van der Waals surface area contributed by atoms with Crippen molar-refractivity contribution in [3.05, 3.63) is 41.6 Å². The summed E-state index contributed by atoms with van der Waals surface area (Å²) in [5, 5.41) is 1.22. The zero-order valence-electron chi connectivity index (χ0n) is 16.8. The fraction of sp³-hybridized carbons (Fsp3) is 0.524. The van der Waals surface area contributed by atoms with Crippen molar-refractivity contribution in [2.45, 2.75) is 45.8 Å². The highest BCUT2D eigenvalue weighted by Crippen LogP contribution is 2.32. The lowest BCUT2D eigenvalue weighted by atomic mass is 9.98. The molecule has 1 N–H and O–H groups in total. The number of fused-ring (bicyclic) bond motifs is 1. The number of rotatable bonds is 4. The zero-order valence-corrected chi connectivity index (χ0v) is 17.6. The molecule has 0 radical (unpaired) electrons. The van der Waals surface area contributed by atoms with Gasteiger partial charge in [-0.15, -0.1) is 0 Å². The SMILES string of the molecule is CCc1cccc2c(C3=CCN(S(=O)(=O)N4C[C@@H](C)O[C@@H](C)C4)CC3)c[nH]c12. The van der Waals surface area contributed by atoms with Gasteiger partial charge in [0, 0.05) is 48.8 Å². The molecule has 1 aromatic heterocycles. The van der Waals surface area contributed by atoms with Gasteiger partial charge in [-0.05, 0) is 37.8 Å². The second kappa shape index (κ2) is 7.63. The number of nitrogens with one attached hydrogen (secondary N) is 1. The number of aromatic nitrogens is 1. The second-order valence-electron chi connectivity index (χ2n) is 7.82. The third-order valence-electron chi connectivity index (χ3n) is 5.74. The van der Waals surface area contributed by atoms with Crippen LogP contribution in [0.3, 0.4) is 0 Å². The van der Waals surface area contributed by atoms with Crippen LogP contribution in [0.2, 0.25) is 0 Å². The fourth-order valence-electron chi connectivity index (χ4n) is 4.36. The number of benzene rings is 1. The molecule has 2 aromatic rings. The molecule has 3 heterocycles. The lowest BCUT2D eigenvalue weighted by Gasteiger charge is -2.38. The summed E-state index contributed by atoms with van der Waals surface area (Å²) in [5.74, 6) is 0. The minimum Gasteiger partial charge on any atom is -0.373 e. The summed E-state index contributed by atoms with van der Waals surface area (Å²) in [6, 6.07) is 6.39. The van der Waals surface area contributed by atoms with Gasteiger partial charge in [0.25, 0.3) is 10.2 Å². The van der Waals surface area contributed by atoms with E-state index < -0.39 is 10.2 Å². The van der Waals surface area contributed by atoms with Gasteiger partial charge in [-0.2, -0.15) is 17.0 Å². The molecule has 0 bridgehead atoms. The summed E-state index contributed by atoms with van der Waals surface area (Å²) in [4.78, 5) is 3.41. The lowest BCUT2D eigenvalue weighted by molar-refractivity contribution is -0.0454. The number of H-pyrrole nitrogens is 1. The van der Waals surface area contributed by atoms with Crippen molar-refractivity contribution in [2.24, 2.45) is 0 Å². The Morgan fingerprint density at radius 2 is 1.93 bits per heavy atom. The van der Waals surface area contributed by atoms with Crippen LogP contribution in [-0.4, -0.2) is 60.4 Å². The second-order valence-corrected chi connectivity index (χ2v) is 9.74. The normalized spacial score (nSPS) is 25.2. The van der Waals surface area contributed by atoms with Gasteiger partial charge in [-0.3, -0.25) is 0 Å². The summed E-state index contributed by atoms with van der Waals surface area (Å²) < 4.78 is 35.0. The third kappa shape index (κ3) is 3.52. The number of hydrogen-bond acceptors (Lipinski definition) is 3. The first-order valence-corrected chi connectivity index (χ1v) is 11.5. The van der Waals surface area contributed by atoms with Crippen molar-refractivity contribution in [1.29, 1.82) is 0 Å². The van der Waals surface area contributed by atoms with E-state index in [1.54, 1.807) is 8.61 Å². The van der Waals surface area contributed by atoms with E-state index in [-0.39, 0.29) is 12.2 Å². The Morgan fingerprint density at radius 1 is 1.18 bits per heavy atom. The van der Waals surface area contributed by atoms with Gasteiger partial charge in [0.05, 0.1) is 12.2 Å². The molecule has 2 aliphatic heterocycles. The molecule has 28 heavy (non-hydrogen) atoms. The molecule has 0 saturated carbocycles. The van der Waals surface area contributed by atoms with Gasteiger partial charge in [0.1, 0.15) is 0 Å². The van der Waals surface area contributed by atoms with E-state index in [0.29, 0.717) is 26.2 Å². The van der Waals surface area contributed by atoms with Gasteiger partial charge >= 0.3 is 0 Å². The quantitative estimate of drug-likeness (QED) is 0.853. The highest BCUT2D eigenvalue weighted by Gasteiger charge is 2.35. The maximum atomic E-state index is 13.1. The minimum atomic E-state index is -3.46. The Morgan fingerprint density at radius 3 is 2.57 bits per heavy atom. The van der Waals surface area contributed by atoms with E-state index in [1.165, 1.54) is 27.6 Å². The topological polar surface area (TPSA) is 65.6 Å². The van der Waals surface area contributed by atoms with Gasteiger partial charge in [0.15, 0.2) is 0 Å². The van der Waals surface area contributed by atoms with Gasteiger partial charge in [0.2, 0.25) is 0 Å². The molecule has 0 spiro atoms. The number of aromatic amines is 1. The average molecular weight is 404 g/mol. The molecule has 152 valence electrons. The van der Waals surface area contributed by atoms with Crippen LogP contribution in [0.5, 0.6) is 0 Å². The molecule has 1 fully saturated rings. The summed E-state index contributed by atoms with van der Waals surface area (Å²) in [7, 11) is -3.46. The van der Waals surface area contributed by atoms with Crippen LogP contribution >= 0.6 is 0 Å². The van der Waals surface area contributed by atoms with Gasteiger partial charge in [-0.1, -0.05) is 31.2 Å². The first kappa shape index (κ1) is 19.6. The maximum Gasteiger partial charge on any atom is 0.282 e. The molecule has 1 saturated heterocycles. The van der Waals surface area contributed by atoms with Crippen LogP contribution in [0.1, 0.15) is 38.3 Å². The predicted octanol–water partition coefficient (Wildman–Crippen LogP) is 3.17. The van der Waals surface area contributed by atoms with Crippen LogP contribution in [0, 0.1) is 0 Å². The van der Waals surface area contributed by atoms with Gasteiger partial charge < -0.3 is 9.72 Å². The monoisotopic (exact) mass is 403 g/mol. The van der Waals surface area contributed by atoms with E-state index in [9.17, 15) is 8.42 Å². The molecule has 4 rings (SSSR count). The largest absolute Gasteiger partial charge is 0.373 e. The van der Waals surface area contributed by atoms with Crippen molar-refractivity contribution in [3.8, 4) is 0 Å². The number of ether oxygens (including phenoxy) is 1. The molecule has 7 heteroatoms. The molecular formula is C21H29N3O3S. The summed E-state index contributed by atoms with van der Waals surface area (Å²) >= 11 is 0. The predicted molar refractivity (Wildman–Crippen MR) is 112 cm³/mol. The van der Waals surface area contributed by atoms with E-state index in [4.69, 9.17) is 4.74 Å². The molecule has 0 amide bonds. The smallest absolute Gasteiger partial charge is 0.282 e. The molecule has 1 aromatic carbocycles. The molecular weight excluding hydrogens is 374 g/mol. The summed E-state index contributed by atoms with van der Waals surface area (Å²) in [6.45, 7) is 7.77. The van der Waals surface area contributed by atoms with E-state index in [2.05, 4.69) is 42.4 Å². The van der Waals surface area contributed by atoms with Gasteiger partial charge in [-0.25, -0.2) is 0 Å². The molecule has 0 unspecified atom stereocenters. The van der Waals surface area contributed by atoms with Crippen LogP contribution in [0.25, 0.3) is 16.5 Å². The lowest BCUT2D eigenvalue weighted by Crippen LogP contribution is -2.53. The van der Waals surface area contributed by atoms with Crippen LogP contribution < -0.4 is 0 Å². The van der Waals surface area contributed by atoms with E-state index >= 15 is 0 Å². The number of morpholine rings is 1. The Labute approximate surface area is 167 Å². The maximum absolute atomic E-state index is 13.1. The number of nitrogens with zero attached hydrogens (tertiary/aromatic N) is 2.